The Labute approximate surface area is 136 Å². The van der Waals surface area contributed by atoms with Crippen LogP contribution in [-0.4, -0.2) is 38.9 Å². The van der Waals surface area contributed by atoms with Crippen LogP contribution in [0.3, 0.4) is 0 Å². The molecule has 7 nitrogen and oxygen atoms in total. The number of carbonyl (C=O) groups excluding carboxylic acids is 1. The van der Waals surface area contributed by atoms with E-state index >= 15 is 0 Å². The number of hydrogen-bond donors (Lipinski definition) is 2. The smallest absolute Gasteiger partial charge is 0.329 e. The fraction of sp³-hybridized carbons (Fsp3) is 0.688. The number of ether oxygens (including phenoxy) is 1. The minimum Gasteiger partial charge on any atom is -0.480 e. The Kier molecular flexibility index (Phi) is 4.97. The second-order valence-electron chi connectivity index (χ2n) is 6.53. The molecule has 0 unspecified atom stereocenters. The summed E-state index contributed by atoms with van der Waals surface area (Å²) in [7, 11) is 1.80. The molecule has 1 heterocycles. The first kappa shape index (κ1) is 17.3. The third-order valence-corrected chi connectivity index (χ3v) is 4.71. The van der Waals surface area contributed by atoms with Gasteiger partial charge in [0.2, 0.25) is 0 Å². The lowest BCUT2D eigenvalue weighted by molar-refractivity contribution is -0.150. The third kappa shape index (κ3) is 3.65. The van der Waals surface area contributed by atoms with Crippen LogP contribution in [0.15, 0.2) is 0 Å². The van der Waals surface area contributed by atoms with E-state index < -0.39 is 17.4 Å². The second kappa shape index (κ2) is 6.60. The number of carboxylic acid groups (broad SMARTS) is 1. The molecule has 1 aliphatic rings. The summed E-state index contributed by atoms with van der Waals surface area (Å²) in [5.74, 6) is -0.309. The first-order valence-corrected chi connectivity index (χ1v) is 7.92. The maximum absolute atomic E-state index is 12.2. The molecule has 2 rings (SSSR count). The Balaban J connectivity index is 1.99. The number of hydrogen-bond acceptors (Lipinski definition) is 4. The largest absolute Gasteiger partial charge is 0.480 e. The van der Waals surface area contributed by atoms with Crippen LogP contribution >= 0.6 is 0 Å². The number of aliphatic carboxylic acids is 1. The molecule has 0 spiro atoms. The van der Waals surface area contributed by atoms with E-state index in [4.69, 9.17) is 4.74 Å². The fourth-order valence-corrected chi connectivity index (χ4v) is 3.05. The van der Waals surface area contributed by atoms with Gasteiger partial charge in [-0.25, -0.2) is 4.79 Å². The van der Waals surface area contributed by atoms with Gasteiger partial charge in [-0.05, 0) is 45.4 Å². The lowest BCUT2D eigenvalue weighted by atomic mass is 9.77. The molecule has 1 aliphatic carbocycles. The van der Waals surface area contributed by atoms with Crippen LogP contribution in [0.25, 0.3) is 0 Å². The highest BCUT2D eigenvalue weighted by Gasteiger charge is 2.42. The van der Waals surface area contributed by atoms with Gasteiger partial charge in [-0.15, -0.1) is 0 Å². The molecule has 0 saturated heterocycles. The standard InChI is InChI=1S/C16H25N3O4/c1-10-5-7-16(8-6-10,15(21)22)17-13(20)9-23-14-11(2)18-19(4)12(14)3/h10H,5-9H2,1-4H3,(H,17,20)(H,21,22). The minimum absolute atomic E-state index is 0.210. The Morgan fingerprint density at radius 3 is 2.48 bits per heavy atom. The summed E-state index contributed by atoms with van der Waals surface area (Å²) in [6.07, 6.45) is 2.52. The first-order valence-electron chi connectivity index (χ1n) is 7.92. The van der Waals surface area contributed by atoms with E-state index in [-0.39, 0.29) is 6.61 Å². The highest BCUT2D eigenvalue weighted by Crippen LogP contribution is 2.32. The van der Waals surface area contributed by atoms with Crippen molar-refractivity contribution in [2.24, 2.45) is 13.0 Å². The maximum atomic E-state index is 12.2. The molecule has 0 bridgehead atoms. The van der Waals surface area contributed by atoms with Crippen molar-refractivity contribution < 1.29 is 19.4 Å². The van der Waals surface area contributed by atoms with Crippen LogP contribution in [0.1, 0.15) is 44.0 Å². The normalized spacial score (nSPS) is 24.3. The molecular formula is C16H25N3O4. The molecule has 23 heavy (non-hydrogen) atoms. The van der Waals surface area contributed by atoms with Crippen molar-refractivity contribution in [2.75, 3.05) is 6.61 Å². The molecule has 0 aliphatic heterocycles. The SMILES string of the molecule is Cc1nn(C)c(C)c1OCC(=O)NC1(C(=O)O)CCC(C)CC1. The van der Waals surface area contributed by atoms with Crippen LogP contribution in [0, 0.1) is 19.8 Å². The van der Waals surface area contributed by atoms with Crippen LogP contribution in [0.4, 0.5) is 0 Å². The van der Waals surface area contributed by atoms with E-state index in [0.29, 0.717) is 30.2 Å². The van der Waals surface area contributed by atoms with Gasteiger partial charge >= 0.3 is 5.97 Å². The number of carbonyl (C=O) groups is 2. The van der Waals surface area contributed by atoms with E-state index in [1.54, 1.807) is 11.7 Å². The molecular weight excluding hydrogens is 298 g/mol. The van der Waals surface area contributed by atoms with Gasteiger partial charge in [0.05, 0.1) is 5.69 Å². The lowest BCUT2D eigenvalue weighted by Crippen LogP contribution is -2.57. The summed E-state index contributed by atoms with van der Waals surface area (Å²) < 4.78 is 7.23. The van der Waals surface area contributed by atoms with Gasteiger partial charge in [-0.3, -0.25) is 9.48 Å². The number of nitrogens with zero attached hydrogens (tertiary/aromatic N) is 2. The van der Waals surface area contributed by atoms with Crippen molar-refractivity contribution in [1.82, 2.24) is 15.1 Å². The fourth-order valence-electron chi connectivity index (χ4n) is 3.05. The zero-order valence-electron chi connectivity index (χ0n) is 14.2. The van der Waals surface area contributed by atoms with Gasteiger partial charge in [0.1, 0.15) is 11.2 Å². The summed E-state index contributed by atoms with van der Waals surface area (Å²) in [5, 5.41) is 16.4. The maximum Gasteiger partial charge on any atom is 0.329 e. The van der Waals surface area contributed by atoms with Gasteiger partial charge in [-0.2, -0.15) is 5.10 Å². The number of nitrogens with one attached hydrogen (secondary N) is 1. The predicted molar refractivity (Wildman–Crippen MR) is 84.3 cm³/mol. The summed E-state index contributed by atoms with van der Waals surface area (Å²) in [6.45, 7) is 5.55. The van der Waals surface area contributed by atoms with Gasteiger partial charge in [0.15, 0.2) is 12.4 Å². The van der Waals surface area contributed by atoms with Crippen LogP contribution in [0.5, 0.6) is 5.75 Å². The molecule has 0 aromatic carbocycles. The second-order valence-corrected chi connectivity index (χ2v) is 6.53. The molecule has 0 atom stereocenters. The number of rotatable bonds is 5. The molecule has 2 N–H and O–H groups in total. The Bertz CT molecular complexity index is 601. The predicted octanol–water partition coefficient (Wildman–Crippen LogP) is 1.57. The van der Waals surface area contributed by atoms with Crippen molar-refractivity contribution in [2.45, 2.75) is 52.0 Å². The van der Waals surface area contributed by atoms with Gasteiger partial charge in [0.25, 0.3) is 5.91 Å². The van der Waals surface area contributed by atoms with Crippen LogP contribution < -0.4 is 10.1 Å². The topological polar surface area (TPSA) is 93.5 Å². The van der Waals surface area contributed by atoms with Crippen molar-refractivity contribution in [3.63, 3.8) is 0 Å². The van der Waals surface area contributed by atoms with E-state index in [1.165, 1.54) is 0 Å². The number of carboxylic acids is 1. The molecule has 1 amide bonds. The van der Waals surface area contributed by atoms with Crippen molar-refractivity contribution in [1.29, 1.82) is 0 Å². The van der Waals surface area contributed by atoms with Crippen molar-refractivity contribution in [3.05, 3.63) is 11.4 Å². The summed E-state index contributed by atoms with van der Waals surface area (Å²) in [5.41, 5.74) is 0.374. The number of amides is 1. The summed E-state index contributed by atoms with van der Waals surface area (Å²) in [4.78, 5) is 23.8. The lowest BCUT2D eigenvalue weighted by Gasteiger charge is -2.36. The monoisotopic (exact) mass is 323 g/mol. The average Bonchev–Trinajstić information content (AvgIpc) is 2.72. The third-order valence-electron chi connectivity index (χ3n) is 4.71. The summed E-state index contributed by atoms with van der Waals surface area (Å²) >= 11 is 0. The van der Waals surface area contributed by atoms with Gasteiger partial charge in [0, 0.05) is 7.05 Å². The molecule has 0 radical (unpaired) electrons. The van der Waals surface area contributed by atoms with Crippen molar-refractivity contribution >= 4 is 11.9 Å². The van der Waals surface area contributed by atoms with E-state index in [0.717, 1.165) is 18.5 Å². The molecule has 1 saturated carbocycles. The minimum atomic E-state index is -1.16. The van der Waals surface area contributed by atoms with Gasteiger partial charge < -0.3 is 15.2 Å². The highest BCUT2D eigenvalue weighted by atomic mass is 16.5. The molecule has 128 valence electrons. The number of aromatic nitrogens is 2. The van der Waals surface area contributed by atoms with Crippen molar-refractivity contribution in [3.8, 4) is 5.75 Å². The highest BCUT2D eigenvalue weighted by molar-refractivity contribution is 5.87. The van der Waals surface area contributed by atoms with E-state index in [9.17, 15) is 14.7 Å². The quantitative estimate of drug-likeness (QED) is 0.858. The molecule has 1 fully saturated rings. The number of aryl methyl sites for hydroxylation is 2. The van der Waals surface area contributed by atoms with Crippen LogP contribution in [0.2, 0.25) is 0 Å². The van der Waals surface area contributed by atoms with E-state index in [1.807, 2.05) is 13.8 Å². The van der Waals surface area contributed by atoms with Crippen LogP contribution in [-0.2, 0) is 16.6 Å². The summed E-state index contributed by atoms with van der Waals surface area (Å²) in [6, 6.07) is 0. The van der Waals surface area contributed by atoms with E-state index in [2.05, 4.69) is 17.3 Å². The Hall–Kier alpha value is -2.05. The Morgan fingerprint density at radius 1 is 1.39 bits per heavy atom. The van der Waals surface area contributed by atoms with Gasteiger partial charge in [-0.1, -0.05) is 6.92 Å². The molecule has 1 aromatic heterocycles. The molecule has 1 aromatic rings. The first-order chi connectivity index (χ1) is 10.7. The Morgan fingerprint density at radius 2 is 2.00 bits per heavy atom. The average molecular weight is 323 g/mol. The molecule has 7 heteroatoms. The zero-order valence-corrected chi connectivity index (χ0v) is 14.2. The zero-order chi connectivity index (χ0) is 17.2.